The van der Waals surface area contributed by atoms with Crippen LogP contribution in [0, 0.1) is 22.7 Å². The number of aliphatic hydroxyl groups is 2. The van der Waals surface area contributed by atoms with E-state index >= 15 is 0 Å². The molecule has 1 rings (SSSR count). The monoisotopic (exact) mass is 408 g/mol. The van der Waals surface area contributed by atoms with E-state index in [0.29, 0.717) is 19.3 Å². The summed E-state index contributed by atoms with van der Waals surface area (Å²) in [7, 11) is 1.39. The van der Waals surface area contributed by atoms with E-state index in [1.165, 1.54) is 7.11 Å². The summed E-state index contributed by atoms with van der Waals surface area (Å²) in [6.07, 6.45) is 13.8. The quantitative estimate of drug-likeness (QED) is 0.352. The van der Waals surface area contributed by atoms with E-state index in [2.05, 4.69) is 19.9 Å². The fourth-order valence-corrected chi connectivity index (χ4v) is 4.26. The van der Waals surface area contributed by atoms with Gasteiger partial charge in [-0.1, -0.05) is 38.2 Å². The molecule has 0 aromatic carbocycles. The van der Waals surface area contributed by atoms with Crippen molar-refractivity contribution >= 4 is 11.8 Å². The third-order valence-corrected chi connectivity index (χ3v) is 6.31. The zero-order valence-corrected chi connectivity index (χ0v) is 18.7. The lowest BCUT2D eigenvalue weighted by Crippen LogP contribution is -2.38. The fraction of sp³-hybridized carbons (Fsp3) is 0.750. The molecule has 1 aliphatic carbocycles. The Balaban J connectivity index is 2.96. The summed E-state index contributed by atoms with van der Waals surface area (Å²) in [6.45, 7) is 6.23. The maximum atomic E-state index is 12.9. The average molecular weight is 409 g/mol. The molecule has 0 radical (unpaired) electrons. The Kier molecular flexibility index (Phi) is 10.8. The molecule has 0 saturated heterocycles. The lowest BCUT2D eigenvalue weighted by Gasteiger charge is -2.32. The van der Waals surface area contributed by atoms with Crippen LogP contribution < -0.4 is 0 Å². The van der Waals surface area contributed by atoms with Gasteiger partial charge in [-0.25, -0.2) is 0 Å². The van der Waals surface area contributed by atoms with Crippen molar-refractivity contribution in [3.63, 3.8) is 0 Å². The first-order chi connectivity index (χ1) is 13.8. The molecular weight excluding hydrogens is 368 g/mol. The van der Waals surface area contributed by atoms with Crippen LogP contribution in [-0.4, -0.2) is 42.3 Å². The van der Waals surface area contributed by atoms with Crippen LogP contribution >= 0.6 is 0 Å². The molecule has 2 N–H and O–H groups in total. The van der Waals surface area contributed by atoms with E-state index in [1.807, 2.05) is 25.2 Å². The molecule has 0 heterocycles. The molecule has 5 heteroatoms. The van der Waals surface area contributed by atoms with Crippen LogP contribution in [-0.2, 0) is 14.3 Å². The number of hydrogen-bond donors (Lipinski definition) is 2. The van der Waals surface area contributed by atoms with Crippen LogP contribution in [0.1, 0.15) is 72.1 Å². The van der Waals surface area contributed by atoms with Gasteiger partial charge in [0.05, 0.1) is 18.4 Å². The van der Waals surface area contributed by atoms with Crippen molar-refractivity contribution in [1.29, 1.82) is 0 Å². The van der Waals surface area contributed by atoms with Crippen LogP contribution in [0.5, 0.6) is 0 Å². The summed E-state index contributed by atoms with van der Waals surface area (Å²) in [5.41, 5.74) is -0.781. The second-order valence-corrected chi connectivity index (χ2v) is 9.08. The third-order valence-electron chi connectivity index (χ3n) is 6.31. The van der Waals surface area contributed by atoms with Gasteiger partial charge in [0.15, 0.2) is 0 Å². The number of carbonyl (C=O) groups is 2. The maximum Gasteiger partial charge on any atom is 0.310 e. The Morgan fingerprint density at radius 2 is 1.93 bits per heavy atom. The molecule has 0 aromatic heterocycles. The van der Waals surface area contributed by atoms with E-state index in [9.17, 15) is 19.8 Å². The van der Waals surface area contributed by atoms with E-state index < -0.39 is 11.3 Å². The molecule has 1 aliphatic rings. The topological polar surface area (TPSA) is 83.8 Å². The summed E-state index contributed by atoms with van der Waals surface area (Å²) < 4.78 is 5.07. The Morgan fingerprint density at radius 3 is 2.45 bits per heavy atom. The zero-order chi connectivity index (χ0) is 21.9. The minimum Gasteiger partial charge on any atom is -0.469 e. The van der Waals surface area contributed by atoms with Crippen LogP contribution in [0.4, 0.5) is 0 Å². The summed E-state index contributed by atoms with van der Waals surface area (Å²) in [4.78, 5) is 25.5. The molecule has 0 aliphatic heterocycles. The predicted octanol–water partition coefficient (Wildman–Crippen LogP) is 4.22. The number of carbonyl (C=O) groups excluding carboxylic acids is 2. The number of Topliss-reactive ketones (excluding diaryl/α,β-unsaturated/α-hetero) is 1. The molecule has 0 spiro atoms. The maximum absolute atomic E-state index is 12.9. The van der Waals surface area contributed by atoms with Crippen molar-refractivity contribution < 1.29 is 24.5 Å². The van der Waals surface area contributed by atoms with Gasteiger partial charge in [-0.05, 0) is 57.3 Å². The van der Waals surface area contributed by atoms with Crippen molar-refractivity contribution in [2.75, 3.05) is 20.3 Å². The number of aliphatic hydroxyl groups excluding tert-OH is 2. The predicted molar refractivity (Wildman–Crippen MR) is 115 cm³/mol. The normalized spacial score (nSPS) is 21.6. The first-order valence-corrected chi connectivity index (χ1v) is 10.9. The number of rotatable bonds is 13. The van der Waals surface area contributed by atoms with E-state index in [4.69, 9.17) is 4.74 Å². The lowest BCUT2D eigenvalue weighted by molar-refractivity contribution is -0.152. The van der Waals surface area contributed by atoms with Crippen molar-refractivity contribution in [2.45, 2.75) is 72.1 Å². The number of ether oxygens (including phenoxy) is 1. The highest BCUT2D eigenvalue weighted by Crippen LogP contribution is 2.46. The van der Waals surface area contributed by atoms with Crippen molar-refractivity contribution in [3.05, 3.63) is 24.3 Å². The number of ketones is 1. The van der Waals surface area contributed by atoms with Crippen molar-refractivity contribution in [2.24, 2.45) is 22.7 Å². The van der Waals surface area contributed by atoms with Crippen LogP contribution in [0.25, 0.3) is 0 Å². The van der Waals surface area contributed by atoms with Gasteiger partial charge in [0, 0.05) is 25.6 Å². The van der Waals surface area contributed by atoms with Crippen molar-refractivity contribution in [1.82, 2.24) is 0 Å². The molecule has 2 atom stereocenters. The average Bonchev–Trinajstić information content (AvgIpc) is 3.06. The summed E-state index contributed by atoms with van der Waals surface area (Å²) in [5, 5.41) is 18.5. The summed E-state index contributed by atoms with van der Waals surface area (Å²) in [6, 6.07) is 0. The highest BCUT2D eigenvalue weighted by Gasteiger charge is 2.49. The molecule has 0 amide bonds. The number of esters is 1. The number of methoxy groups -OCH3 is 1. The molecule has 1 fully saturated rings. The van der Waals surface area contributed by atoms with Gasteiger partial charge in [0.1, 0.15) is 5.78 Å². The smallest absolute Gasteiger partial charge is 0.310 e. The second-order valence-electron chi connectivity index (χ2n) is 9.08. The number of hydrogen-bond acceptors (Lipinski definition) is 5. The fourth-order valence-electron chi connectivity index (χ4n) is 4.26. The van der Waals surface area contributed by atoms with Gasteiger partial charge in [-0.15, -0.1) is 0 Å². The van der Waals surface area contributed by atoms with E-state index in [0.717, 1.165) is 32.1 Å². The Morgan fingerprint density at radius 1 is 1.24 bits per heavy atom. The molecular formula is C24H40O5. The molecule has 0 unspecified atom stereocenters. The van der Waals surface area contributed by atoms with E-state index in [1.54, 1.807) is 0 Å². The minimum atomic E-state index is -0.760. The summed E-state index contributed by atoms with van der Waals surface area (Å²) in [5.74, 6) is -0.701. The van der Waals surface area contributed by atoms with Gasteiger partial charge < -0.3 is 14.9 Å². The Hall–Kier alpha value is -1.46. The largest absolute Gasteiger partial charge is 0.469 e. The van der Waals surface area contributed by atoms with Crippen LogP contribution in [0.15, 0.2) is 24.3 Å². The van der Waals surface area contributed by atoms with Crippen LogP contribution in [0.3, 0.4) is 0 Å². The molecule has 29 heavy (non-hydrogen) atoms. The summed E-state index contributed by atoms with van der Waals surface area (Å²) >= 11 is 0. The SMILES string of the molecule is C/C=C\CC[C@H](C(=O)OC)[C@]1(/C=C/CC(C)(C)CCC(CO)CO)CCCC1=O. The van der Waals surface area contributed by atoms with Crippen LogP contribution in [0.2, 0.25) is 0 Å². The highest BCUT2D eigenvalue weighted by atomic mass is 16.5. The first-order valence-electron chi connectivity index (χ1n) is 10.9. The first kappa shape index (κ1) is 25.6. The number of allylic oxidation sites excluding steroid dienone is 4. The molecule has 0 aromatic rings. The Bertz CT molecular complexity index is 574. The lowest BCUT2D eigenvalue weighted by atomic mass is 9.70. The molecule has 1 saturated carbocycles. The van der Waals surface area contributed by atoms with Crippen molar-refractivity contribution in [3.8, 4) is 0 Å². The van der Waals surface area contributed by atoms with Gasteiger partial charge in [-0.3, -0.25) is 9.59 Å². The second kappa shape index (κ2) is 12.3. The van der Waals surface area contributed by atoms with Gasteiger partial charge in [0.2, 0.25) is 0 Å². The van der Waals surface area contributed by atoms with Gasteiger partial charge >= 0.3 is 5.97 Å². The Labute approximate surface area is 176 Å². The minimum absolute atomic E-state index is 0.00690. The zero-order valence-electron chi connectivity index (χ0n) is 18.7. The molecule has 166 valence electrons. The third kappa shape index (κ3) is 7.38. The standard InChI is InChI=1S/C24H40O5/c1-5-6-7-10-20(22(28)29-4)24(14-8-11-21(24)27)15-9-13-23(2,3)16-12-19(17-25)18-26/h5-6,9,15,19-20,25-26H,7-8,10-14,16-18H2,1-4H3/b6-5-,15-9+/t20-,24-/m1/s1. The molecule has 5 nitrogen and oxygen atoms in total. The molecule has 0 bridgehead atoms. The van der Waals surface area contributed by atoms with Gasteiger partial charge in [-0.2, -0.15) is 0 Å². The van der Waals surface area contributed by atoms with E-state index in [-0.39, 0.29) is 36.3 Å². The van der Waals surface area contributed by atoms with Gasteiger partial charge in [0.25, 0.3) is 0 Å². The highest BCUT2D eigenvalue weighted by molar-refractivity contribution is 5.93.